The number of amides is 1. The molecule has 1 unspecified atom stereocenters. The number of nitrogens with two attached hydrogens (primary N) is 1. The van der Waals surface area contributed by atoms with E-state index in [4.69, 9.17) is 5.73 Å². The first-order valence-corrected chi connectivity index (χ1v) is 4.85. The van der Waals surface area contributed by atoms with E-state index in [-0.39, 0.29) is 5.91 Å². The van der Waals surface area contributed by atoms with Crippen LogP contribution in [0.15, 0.2) is 18.7 Å². The Morgan fingerprint density at radius 3 is 2.67 bits per heavy atom. The Bertz CT molecular complexity index is 314. The second-order valence-corrected chi connectivity index (χ2v) is 3.65. The fourth-order valence-corrected chi connectivity index (χ4v) is 1.25. The maximum atomic E-state index is 11.8. The summed E-state index contributed by atoms with van der Waals surface area (Å²) >= 11 is 0. The van der Waals surface area contributed by atoms with Gasteiger partial charge >= 0.3 is 0 Å². The predicted molar refractivity (Wildman–Crippen MR) is 57.2 cm³/mol. The molecule has 0 aromatic carbocycles. The summed E-state index contributed by atoms with van der Waals surface area (Å²) < 4.78 is 0. The van der Waals surface area contributed by atoms with Crippen LogP contribution in [0.25, 0.3) is 0 Å². The van der Waals surface area contributed by atoms with Crippen molar-refractivity contribution in [2.45, 2.75) is 6.92 Å². The molecule has 0 radical (unpaired) electrons. The van der Waals surface area contributed by atoms with Gasteiger partial charge in [0.25, 0.3) is 5.91 Å². The van der Waals surface area contributed by atoms with E-state index >= 15 is 0 Å². The number of nitrogens with zero attached hydrogens (tertiary/aromatic N) is 3. The summed E-state index contributed by atoms with van der Waals surface area (Å²) in [6.45, 7) is 3.22. The topological polar surface area (TPSA) is 72.1 Å². The Morgan fingerprint density at radius 1 is 1.53 bits per heavy atom. The van der Waals surface area contributed by atoms with Crippen LogP contribution in [0.4, 0.5) is 0 Å². The van der Waals surface area contributed by atoms with Crippen LogP contribution in [0.1, 0.15) is 17.3 Å². The first-order chi connectivity index (χ1) is 7.15. The van der Waals surface area contributed by atoms with Crippen LogP contribution >= 0.6 is 0 Å². The van der Waals surface area contributed by atoms with Crippen LogP contribution in [0, 0.1) is 5.92 Å². The van der Waals surface area contributed by atoms with Gasteiger partial charge in [0.15, 0.2) is 0 Å². The summed E-state index contributed by atoms with van der Waals surface area (Å²) in [6.07, 6.45) is 4.43. The third-order valence-corrected chi connectivity index (χ3v) is 2.14. The molecular weight excluding hydrogens is 192 g/mol. The quantitative estimate of drug-likeness (QED) is 0.764. The lowest BCUT2D eigenvalue weighted by Gasteiger charge is -2.20. The summed E-state index contributed by atoms with van der Waals surface area (Å²) in [5.41, 5.74) is 6.00. The van der Waals surface area contributed by atoms with Crippen molar-refractivity contribution in [3.8, 4) is 0 Å². The smallest absolute Gasteiger partial charge is 0.256 e. The standard InChI is InChI=1S/C10H16N4O/c1-8(3-11)6-14(2)10(15)9-4-12-7-13-5-9/h4-5,7-8H,3,6,11H2,1-2H3. The molecule has 0 fully saturated rings. The highest BCUT2D eigenvalue weighted by molar-refractivity contribution is 5.93. The van der Waals surface area contributed by atoms with E-state index in [1.54, 1.807) is 11.9 Å². The molecule has 15 heavy (non-hydrogen) atoms. The highest BCUT2D eigenvalue weighted by Gasteiger charge is 2.13. The van der Waals surface area contributed by atoms with Crippen LogP contribution in [-0.4, -0.2) is 40.9 Å². The minimum atomic E-state index is -0.0732. The van der Waals surface area contributed by atoms with Gasteiger partial charge in [0.1, 0.15) is 6.33 Å². The lowest BCUT2D eigenvalue weighted by atomic mass is 10.1. The molecule has 82 valence electrons. The molecular formula is C10H16N4O. The van der Waals surface area contributed by atoms with Crippen LogP contribution in [0.3, 0.4) is 0 Å². The van der Waals surface area contributed by atoms with Gasteiger partial charge in [-0.2, -0.15) is 0 Å². The third kappa shape index (κ3) is 3.28. The third-order valence-electron chi connectivity index (χ3n) is 2.14. The molecule has 1 aromatic heterocycles. The minimum absolute atomic E-state index is 0.0732. The predicted octanol–water partition coefficient (Wildman–Crippen LogP) is 0.143. The average molecular weight is 208 g/mol. The number of rotatable bonds is 4. The van der Waals surface area contributed by atoms with Crippen molar-refractivity contribution in [3.05, 3.63) is 24.3 Å². The number of carbonyl (C=O) groups excluding carboxylic acids is 1. The van der Waals surface area contributed by atoms with Crippen LogP contribution in [0.2, 0.25) is 0 Å². The molecule has 0 bridgehead atoms. The van der Waals surface area contributed by atoms with Crippen molar-refractivity contribution in [2.75, 3.05) is 20.1 Å². The van der Waals surface area contributed by atoms with Gasteiger partial charge in [-0.1, -0.05) is 6.92 Å². The number of carbonyl (C=O) groups is 1. The first kappa shape index (κ1) is 11.6. The van der Waals surface area contributed by atoms with Crippen molar-refractivity contribution in [1.82, 2.24) is 14.9 Å². The van der Waals surface area contributed by atoms with E-state index in [1.807, 2.05) is 6.92 Å². The van der Waals surface area contributed by atoms with E-state index < -0.39 is 0 Å². The molecule has 0 aliphatic rings. The van der Waals surface area contributed by atoms with Crippen LogP contribution < -0.4 is 5.73 Å². The van der Waals surface area contributed by atoms with Crippen molar-refractivity contribution in [1.29, 1.82) is 0 Å². The summed E-state index contributed by atoms with van der Waals surface area (Å²) in [5.74, 6) is 0.222. The van der Waals surface area contributed by atoms with Gasteiger partial charge in [-0.15, -0.1) is 0 Å². The minimum Gasteiger partial charge on any atom is -0.341 e. The van der Waals surface area contributed by atoms with Gasteiger partial charge in [0, 0.05) is 26.0 Å². The van der Waals surface area contributed by atoms with Crippen molar-refractivity contribution < 1.29 is 4.79 Å². The molecule has 2 N–H and O–H groups in total. The van der Waals surface area contributed by atoms with Crippen molar-refractivity contribution in [2.24, 2.45) is 11.7 Å². The van der Waals surface area contributed by atoms with Gasteiger partial charge < -0.3 is 10.6 Å². The fourth-order valence-electron chi connectivity index (χ4n) is 1.25. The van der Waals surface area contributed by atoms with Gasteiger partial charge in [0.05, 0.1) is 5.56 Å². The number of hydrogen-bond donors (Lipinski definition) is 1. The average Bonchev–Trinajstić information content (AvgIpc) is 2.29. The van der Waals surface area contributed by atoms with Crippen molar-refractivity contribution >= 4 is 5.91 Å². The molecule has 1 amide bonds. The maximum absolute atomic E-state index is 11.8. The van der Waals surface area contributed by atoms with E-state index in [0.717, 1.165) is 0 Å². The molecule has 5 heteroatoms. The summed E-state index contributed by atoms with van der Waals surface area (Å²) in [5, 5.41) is 0. The number of aromatic nitrogens is 2. The Labute approximate surface area is 89.3 Å². The zero-order valence-corrected chi connectivity index (χ0v) is 9.05. The molecule has 0 aliphatic heterocycles. The normalized spacial score (nSPS) is 12.2. The summed E-state index contributed by atoms with van der Waals surface area (Å²) in [4.78, 5) is 21.0. The molecule has 0 spiro atoms. The Balaban J connectivity index is 2.61. The molecule has 1 rings (SSSR count). The SMILES string of the molecule is CC(CN)CN(C)C(=O)c1cncnc1. The molecule has 1 aromatic rings. The van der Waals surface area contributed by atoms with Gasteiger partial charge in [0.2, 0.25) is 0 Å². The second-order valence-electron chi connectivity index (χ2n) is 3.65. The van der Waals surface area contributed by atoms with Gasteiger partial charge in [-0.3, -0.25) is 4.79 Å². The maximum Gasteiger partial charge on any atom is 0.256 e. The second kappa shape index (κ2) is 5.41. The van der Waals surface area contributed by atoms with Gasteiger partial charge in [-0.05, 0) is 12.5 Å². The number of hydrogen-bond acceptors (Lipinski definition) is 4. The lowest BCUT2D eigenvalue weighted by molar-refractivity contribution is 0.0776. The first-order valence-electron chi connectivity index (χ1n) is 4.85. The Kier molecular flexibility index (Phi) is 4.17. The molecule has 5 nitrogen and oxygen atoms in total. The summed E-state index contributed by atoms with van der Waals surface area (Å²) in [7, 11) is 1.75. The van der Waals surface area contributed by atoms with E-state index in [0.29, 0.717) is 24.6 Å². The van der Waals surface area contributed by atoms with E-state index in [1.165, 1.54) is 18.7 Å². The molecule has 0 saturated heterocycles. The monoisotopic (exact) mass is 208 g/mol. The van der Waals surface area contributed by atoms with E-state index in [9.17, 15) is 4.79 Å². The molecule has 0 aliphatic carbocycles. The summed E-state index contributed by atoms with van der Waals surface area (Å²) in [6, 6.07) is 0. The van der Waals surface area contributed by atoms with Gasteiger partial charge in [-0.25, -0.2) is 9.97 Å². The molecule has 0 saturated carbocycles. The fraction of sp³-hybridized carbons (Fsp3) is 0.500. The van der Waals surface area contributed by atoms with Crippen LogP contribution in [-0.2, 0) is 0 Å². The highest BCUT2D eigenvalue weighted by Crippen LogP contribution is 2.02. The van der Waals surface area contributed by atoms with Crippen LogP contribution in [0.5, 0.6) is 0 Å². The van der Waals surface area contributed by atoms with Crippen molar-refractivity contribution in [3.63, 3.8) is 0 Å². The lowest BCUT2D eigenvalue weighted by Crippen LogP contribution is -2.33. The largest absolute Gasteiger partial charge is 0.341 e. The zero-order valence-electron chi connectivity index (χ0n) is 9.05. The molecule has 1 heterocycles. The highest BCUT2D eigenvalue weighted by atomic mass is 16.2. The van der Waals surface area contributed by atoms with E-state index in [2.05, 4.69) is 9.97 Å². The Hall–Kier alpha value is -1.49. The Morgan fingerprint density at radius 2 is 2.13 bits per heavy atom. The zero-order chi connectivity index (χ0) is 11.3. The molecule has 1 atom stereocenters.